The summed E-state index contributed by atoms with van der Waals surface area (Å²) in [5.74, 6) is 1.15. The van der Waals surface area contributed by atoms with E-state index >= 15 is 0 Å². The smallest absolute Gasteiger partial charge is 0.307 e. The molecular formula is C13H19ClN4O2. The van der Waals surface area contributed by atoms with E-state index in [-0.39, 0.29) is 5.97 Å². The number of hydrogen-bond donors (Lipinski definition) is 0. The van der Waals surface area contributed by atoms with Crippen LogP contribution < -0.4 is 0 Å². The van der Waals surface area contributed by atoms with Crippen LogP contribution in [0.1, 0.15) is 24.9 Å². The van der Waals surface area contributed by atoms with Crippen molar-refractivity contribution < 1.29 is 9.53 Å². The Hall–Kier alpha value is -1.56. The van der Waals surface area contributed by atoms with Crippen LogP contribution in [0.2, 0.25) is 0 Å². The summed E-state index contributed by atoms with van der Waals surface area (Å²) >= 11 is 5.84. The number of carbonyl (C=O) groups excluding carboxylic acids is 1. The molecule has 110 valence electrons. The topological polar surface area (TPSA) is 61.9 Å². The van der Waals surface area contributed by atoms with Gasteiger partial charge in [0.25, 0.3) is 0 Å². The molecule has 0 fully saturated rings. The number of alkyl halides is 1. The Kier molecular flexibility index (Phi) is 4.65. The molecule has 6 nitrogen and oxygen atoms in total. The summed E-state index contributed by atoms with van der Waals surface area (Å²) in [7, 11) is 3.28. The van der Waals surface area contributed by atoms with Gasteiger partial charge in [-0.25, -0.2) is 4.98 Å². The maximum atomic E-state index is 11.4. The number of aryl methyl sites for hydroxylation is 4. The Labute approximate surface area is 122 Å². The van der Waals surface area contributed by atoms with E-state index in [1.54, 1.807) is 0 Å². The average molecular weight is 299 g/mol. The van der Waals surface area contributed by atoms with Crippen molar-refractivity contribution in [3.8, 4) is 0 Å². The molecule has 2 heterocycles. The van der Waals surface area contributed by atoms with Crippen molar-refractivity contribution in [3.63, 3.8) is 0 Å². The van der Waals surface area contributed by atoms with Gasteiger partial charge in [0.1, 0.15) is 11.3 Å². The van der Waals surface area contributed by atoms with E-state index in [0.717, 1.165) is 29.1 Å². The molecule has 0 saturated heterocycles. The quantitative estimate of drug-likeness (QED) is 0.601. The lowest BCUT2D eigenvalue weighted by atomic mass is 10.3. The first-order valence-corrected chi connectivity index (χ1v) is 7.19. The zero-order valence-corrected chi connectivity index (χ0v) is 12.8. The minimum absolute atomic E-state index is 0.235. The van der Waals surface area contributed by atoms with Crippen LogP contribution in [0, 0.1) is 0 Å². The van der Waals surface area contributed by atoms with E-state index in [0.29, 0.717) is 25.3 Å². The van der Waals surface area contributed by atoms with Gasteiger partial charge in [-0.2, -0.15) is 5.10 Å². The van der Waals surface area contributed by atoms with Crippen molar-refractivity contribution >= 4 is 28.7 Å². The van der Waals surface area contributed by atoms with Crippen molar-refractivity contribution in [3.05, 3.63) is 11.5 Å². The summed E-state index contributed by atoms with van der Waals surface area (Å²) in [5, 5.41) is 4.46. The number of imidazole rings is 1. The summed E-state index contributed by atoms with van der Waals surface area (Å²) < 4.78 is 8.53. The van der Waals surface area contributed by atoms with Crippen LogP contribution in [0.5, 0.6) is 0 Å². The predicted octanol–water partition coefficient (Wildman–Crippen LogP) is 1.68. The second-order valence-electron chi connectivity index (χ2n) is 4.54. The number of halogens is 1. The van der Waals surface area contributed by atoms with E-state index in [4.69, 9.17) is 16.3 Å². The number of aromatic nitrogens is 4. The number of ether oxygens (including phenoxy) is 1. The average Bonchev–Trinajstić information content (AvgIpc) is 2.94. The van der Waals surface area contributed by atoms with Crippen LogP contribution in [-0.2, 0) is 36.0 Å². The first kappa shape index (κ1) is 14.8. The minimum Gasteiger partial charge on any atom is -0.469 e. The SMILES string of the molecule is CCc1nn(C)c2c1nc(CCCl)n2CCC(=O)OC. The predicted molar refractivity (Wildman–Crippen MR) is 76.9 cm³/mol. The molecule has 2 aromatic rings. The fourth-order valence-electron chi connectivity index (χ4n) is 2.34. The largest absolute Gasteiger partial charge is 0.469 e. The Balaban J connectivity index is 2.44. The van der Waals surface area contributed by atoms with Crippen LogP contribution in [0.15, 0.2) is 0 Å². The number of fused-ring (bicyclic) bond motifs is 1. The highest BCUT2D eigenvalue weighted by molar-refractivity contribution is 6.17. The molecule has 0 amide bonds. The monoisotopic (exact) mass is 298 g/mol. The summed E-state index contributed by atoms with van der Waals surface area (Å²) in [6.07, 6.45) is 1.80. The summed E-state index contributed by atoms with van der Waals surface area (Å²) in [6.45, 7) is 2.58. The molecule has 0 bridgehead atoms. The van der Waals surface area contributed by atoms with Crippen LogP contribution in [0.4, 0.5) is 0 Å². The van der Waals surface area contributed by atoms with Crippen molar-refractivity contribution in [2.24, 2.45) is 7.05 Å². The van der Waals surface area contributed by atoms with Crippen LogP contribution in [-0.4, -0.2) is 38.3 Å². The van der Waals surface area contributed by atoms with Gasteiger partial charge in [-0.15, -0.1) is 11.6 Å². The van der Waals surface area contributed by atoms with Crippen molar-refractivity contribution in [1.29, 1.82) is 0 Å². The molecule has 0 aliphatic carbocycles. The molecule has 0 atom stereocenters. The Morgan fingerprint density at radius 2 is 2.20 bits per heavy atom. The molecule has 0 aliphatic heterocycles. The number of carbonyl (C=O) groups is 1. The normalized spacial score (nSPS) is 11.2. The highest BCUT2D eigenvalue weighted by Crippen LogP contribution is 2.21. The number of methoxy groups -OCH3 is 1. The van der Waals surface area contributed by atoms with Crippen molar-refractivity contribution in [1.82, 2.24) is 19.3 Å². The Morgan fingerprint density at radius 1 is 1.45 bits per heavy atom. The maximum Gasteiger partial charge on any atom is 0.307 e. The van der Waals surface area contributed by atoms with Gasteiger partial charge in [0.15, 0.2) is 5.65 Å². The molecular weight excluding hydrogens is 280 g/mol. The third-order valence-corrected chi connectivity index (χ3v) is 3.48. The minimum atomic E-state index is -0.235. The van der Waals surface area contributed by atoms with Crippen LogP contribution in [0.3, 0.4) is 0 Å². The fourth-order valence-corrected chi connectivity index (χ4v) is 2.51. The van der Waals surface area contributed by atoms with E-state index < -0.39 is 0 Å². The van der Waals surface area contributed by atoms with Gasteiger partial charge in [0.05, 0.1) is 19.2 Å². The van der Waals surface area contributed by atoms with Gasteiger partial charge in [0, 0.05) is 25.9 Å². The zero-order valence-electron chi connectivity index (χ0n) is 12.0. The van der Waals surface area contributed by atoms with Crippen molar-refractivity contribution in [2.45, 2.75) is 32.7 Å². The Bertz CT molecular complexity index is 617. The molecule has 2 aromatic heterocycles. The fraction of sp³-hybridized carbons (Fsp3) is 0.615. The molecule has 0 spiro atoms. The molecule has 0 aromatic carbocycles. The third-order valence-electron chi connectivity index (χ3n) is 3.29. The van der Waals surface area contributed by atoms with E-state index in [2.05, 4.69) is 17.0 Å². The van der Waals surface area contributed by atoms with E-state index in [1.165, 1.54) is 7.11 Å². The summed E-state index contributed by atoms with van der Waals surface area (Å²) in [5.41, 5.74) is 2.81. The third kappa shape index (κ3) is 2.65. The first-order valence-electron chi connectivity index (χ1n) is 6.66. The summed E-state index contributed by atoms with van der Waals surface area (Å²) in [4.78, 5) is 16.0. The molecule has 0 saturated carbocycles. The molecule has 20 heavy (non-hydrogen) atoms. The van der Waals surface area contributed by atoms with Gasteiger partial charge in [-0.1, -0.05) is 6.92 Å². The number of hydrogen-bond acceptors (Lipinski definition) is 4. The van der Waals surface area contributed by atoms with Gasteiger partial charge in [-0.3, -0.25) is 9.48 Å². The number of nitrogens with zero attached hydrogens (tertiary/aromatic N) is 4. The van der Waals surface area contributed by atoms with E-state index in [9.17, 15) is 4.79 Å². The molecule has 0 radical (unpaired) electrons. The second-order valence-corrected chi connectivity index (χ2v) is 4.92. The molecule has 7 heteroatoms. The molecule has 2 rings (SSSR count). The molecule has 0 N–H and O–H groups in total. The van der Waals surface area contributed by atoms with Gasteiger partial charge in [-0.05, 0) is 6.42 Å². The lowest BCUT2D eigenvalue weighted by Crippen LogP contribution is -2.12. The van der Waals surface area contributed by atoms with Gasteiger partial charge in [0.2, 0.25) is 0 Å². The standard InChI is InChI=1S/C13H19ClN4O2/c1-4-9-12-13(17(2)16-9)18(8-6-11(19)20-3)10(15-12)5-7-14/h4-8H2,1-3H3. The Morgan fingerprint density at radius 3 is 2.80 bits per heavy atom. The number of esters is 1. The first-order chi connectivity index (χ1) is 9.62. The number of rotatable bonds is 6. The molecule has 0 aliphatic rings. The zero-order chi connectivity index (χ0) is 14.7. The molecule has 0 unspecified atom stereocenters. The highest BCUT2D eigenvalue weighted by Gasteiger charge is 2.18. The lowest BCUT2D eigenvalue weighted by molar-refractivity contribution is -0.140. The van der Waals surface area contributed by atoms with Gasteiger partial charge < -0.3 is 9.30 Å². The van der Waals surface area contributed by atoms with Gasteiger partial charge >= 0.3 is 5.97 Å². The van der Waals surface area contributed by atoms with Crippen molar-refractivity contribution in [2.75, 3.05) is 13.0 Å². The second kappa shape index (κ2) is 6.26. The summed E-state index contributed by atoms with van der Waals surface area (Å²) in [6, 6.07) is 0. The van der Waals surface area contributed by atoms with Crippen LogP contribution >= 0.6 is 11.6 Å². The lowest BCUT2D eigenvalue weighted by Gasteiger charge is -2.08. The van der Waals surface area contributed by atoms with Crippen LogP contribution in [0.25, 0.3) is 11.2 Å². The maximum absolute atomic E-state index is 11.4. The highest BCUT2D eigenvalue weighted by atomic mass is 35.5. The van der Waals surface area contributed by atoms with E-state index in [1.807, 2.05) is 16.3 Å².